The third kappa shape index (κ3) is 2.18. The van der Waals surface area contributed by atoms with Crippen LogP contribution in [0.25, 0.3) is 0 Å². The van der Waals surface area contributed by atoms with Crippen molar-refractivity contribution in [3.05, 3.63) is 12.2 Å². The second-order valence-electron chi connectivity index (χ2n) is 4.60. The van der Waals surface area contributed by atoms with Gasteiger partial charge >= 0.3 is 0 Å². The molecule has 2 atom stereocenters. The van der Waals surface area contributed by atoms with Crippen molar-refractivity contribution in [2.75, 3.05) is 19.6 Å². The lowest BCUT2D eigenvalue weighted by Crippen LogP contribution is -2.34. The molecule has 0 aromatic carbocycles. The Morgan fingerprint density at radius 3 is 2.86 bits per heavy atom. The molecule has 0 amide bonds. The molecule has 0 spiro atoms. The monoisotopic (exact) mass is 194 g/mol. The van der Waals surface area contributed by atoms with Crippen LogP contribution in [0.3, 0.4) is 0 Å². The van der Waals surface area contributed by atoms with E-state index in [0.717, 1.165) is 18.5 Å². The fraction of sp³-hybridized carbons (Fsp3) is 0.833. The Labute approximate surface area is 87.2 Å². The molecule has 1 heterocycles. The summed E-state index contributed by atoms with van der Waals surface area (Å²) in [6.07, 6.45) is 11.6. The van der Waals surface area contributed by atoms with Crippen LogP contribution in [0.15, 0.2) is 12.2 Å². The van der Waals surface area contributed by atoms with Crippen LogP contribution in [0.1, 0.15) is 32.1 Å². The van der Waals surface area contributed by atoms with E-state index in [1.165, 1.54) is 38.6 Å². The van der Waals surface area contributed by atoms with Crippen LogP contribution >= 0.6 is 0 Å². The number of likely N-dealkylation sites (tertiary alicyclic amines) is 1. The van der Waals surface area contributed by atoms with Gasteiger partial charge in [0.25, 0.3) is 0 Å². The highest BCUT2D eigenvalue weighted by molar-refractivity contribution is 4.94. The first kappa shape index (κ1) is 10.2. The minimum atomic E-state index is 0.682. The van der Waals surface area contributed by atoms with Gasteiger partial charge in [0, 0.05) is 19.1 Å². The van der Waals surface area contributed by atoms with Gasteiger partial charge in [0.1, 0.15) is 0 Å². The molecule has 0 aromatic rings. The van der Waals surface area contributed by atoms with Crippen molar-refractivity contribution in [2.24, 2.45) is 11.7 Å². The zero-order valence-corrected chi connectivity index (χ0v) is 8.99. The Morgan fingerprint density at radius 2 is 2.00 bits per heavy atom. The average molecular weight is 194 g/mol. The molecular weight excluding hydrogens is 172 g/mol. The van der Waals surface area contributed by atoms with Gasteiger partial charge in [-0.3, -0.25) is 4.90 Å². The third-order valence-electron chi connectivity index (χ3n) is 3.77. The molecule has 1 aliphatic carbocycles. The van der Waals surface area contributed by atoms with E-state index < -0.39 is 0 Å². The predicted molar refractivity (Wildman–Crippen MR) is 60.1 cm³/mol. The van der Waals surface area contributed by atoms with Crippen molar-refractivity contribution in [1.29, 1.82) is 0 Å². The lowest BCUT2D eigenvalue weighted by Gasteiger charge is -2.31. The molecular formula is C12H22N2. The zero-order chi connectivity index (χ0) is 9.80. The molecule has 80 valence electrons. The number of nitrogens with two attached hydrogens (primary N) is 1. The van der Waals surface area contributed by atoms with E-state index in [4.69, 9.17) is 5.73 Å². The van der Waals surface area contributed by atoms with E-state index in [1.807, 2.05) is 0 Å². The summed E-state index contributed by atoms with van der Waals surface area (Å²) >= 11 is 0. The van der Waals surface area contributed by atoms with Crippen LogP contribution in [-0.4, -0.2) is 30.6 Å². The summed E-state index contributed by atoms with van der Waals surface area (Å²) < 4.78 is 0. The average Bonchev–Trinajstić information content (AvgIpc) is 2.63. The van der Waals surface area contributed by atoms with Crippen molar-refractivity contribution < 1.29 is 0 Å². The van der Waals surface area contributed by atoms with Gasteiger partial charge in [-0.05, 0) is 31.7 Å². The van der Waals surface area contributed by atoms with E-state index >= 15 is 0 Å². The summed E-state index contributed by atoms with van der Waals surface area (Å²) in [6, 6.07) is 0.895. The highest BCUT2D eigenvalue weighted by Gasteiger charge is 2.34. The first-order valence-electron chi connectivity index (χ1n) is 6.01. The molecule has 1 saturated carbocycles. The first-order chi connectivity index (χ1) is 6.92. The summed E-state index contributed by atoms with van der Waals surface area (Å²) in [5.74, 6) is 1.01. The van der Waals surface area contributed by atoms with Crippen LogP contribution in [0, 0.1) is 5.92 Å². The molecule has 1 aliphatic heterocycles. The van der Waals surface area contributed by atoms with Crippen molar-refractivity contribution in [1.82, 2.24) is 4.90 Å². The molecule has 2 nitrogen and oxygen atoms in total. The summed E-state index contributed by atoms with van der Waals surface area (Å²) in [5.41, 5.74) is 5.44. The van der Waals surface area contributed by atoms with Gasteiger partial charge in [-0.1, -0.05) is 25.0 Å². The Morgan fingerprint density at radius 1 is 1.14 bits per heavy atom. The topological polar surface area (TPSA) is 29.3 Å². The molecule has 1 saturated heterocycles. The van der Waals surface area contributed by atoms with Crippen molar-refractivity contribution in [3.8, 4) is 0 Å². The van der Waals surface area contributed by atoms with Crippen LogP contribution < -0.4 is 5.73 Å². The number of rotatable bonds is 3. The van der Waals surface area contributed by atoms with Crippen molar-refractivity contribution in [3.63, 3.8) is 0 Å². The van der Waals surface area contributed by atoms with Crippen molar-refractivity contribution in [2.45, 2.75) is 38.1 Å². The molecule has 2 rings (SSSR count). The molecule has 0 bridgehead atoms. The lowest BCUT2D eigenvalue weighted by molar-refractivity contribution is 0.198. The minimum absolute atomic E-state index is 0.682. The Kier molecular flexibility index (Phi) is 3.60. The molecule has 0 aromatic heterocycles. The largest absolute Gasteiger partial charge is 0.327 e. The quantitative estimate of drug-likeness (QED) is 0.694. The molecule has 2 aliphatic rings. The normalized spacial score (nSPS) is 33.8. The molecule has 2 heteroatoms. The third-order valence-corrected chi connectivity index (χ3v) is 3.77. The molecule has 14 heavy (non-hydrogen) atoms. The lowest BCUT2D eigenvalue weighted by atomic mass is 9.85. The van der Waals surface area contributed by atoms with Gasteiger partial charge in [-0.2, -0.15) is 0 Å². The second-order valence-corrected chi connectivity index (χ2v) is 4.60. The predicted octanol–water partition coefficient (Wildman–Crippen LogP) is 1.77. The Bertz CT molecular complexity index is 200. The first-order valence-corrected chi connectivity index (χ1v) is 6.01. The van der Waals surface area contributed by atoms with Gasteiger partial charge in [0.15, 0.2) is 0 Å². The van der Waals surface area contributed by atoms with Crippen molar-refractivity contribution >= 4 is 0 Å². The van der Waals surface area contributed by atoms with Crippen LogP contribution in [0.2, 0.25) is 0 Å². The van der Waals surface area contributed by atoms with Crippen LogP contribution in [0.4, 0.5) is 0 Å². The van der Waals surface area contributed by atoms with E-state index in [0.29, 0.717) is 6.54 Å². The van der Waals surface area contributed by atoms with Gasteiger partial charge in [0.05, 0.1) is 0 Å². The van der Waals surface area contributed by atoms with Crippen LogP contribution in [-0.2, 0) is 0 Å². The van der Waals surface area contributed by atoms with E-state index in [-0.39, 0.29) is 0 Å². The summed E-state index contributed by atoms with van der Waals surface area (Å²) in [7, 11) is 0. The summed E-state index contributed by atoms with van der Waals surface area (Å²) in [4.78, 5) is 2.65. The van der Waals surface area contributed by atoms with E-state index in [9.17, 15) is 0 Å². The van der Waals surface area contributed by atoms with Gasteiger partial charge in [-0.15, -0.1) is 0 Å². The fourth-order valence-electron chi connectivity index (χ4n) is 3.04. The number of hydrogen-bond donors (Lipinski definition) is 1. The smallest absolute Gasteiger partial charge is 0.0166 e. The number of nitrogens with zero attached hydrogens (tertiary/aromatic N) is 1. The number of hydrogen-bond acceptors (Lipinski definition) is 2. The number of fused-ring (bicyclic) bond motifs is 1. The maximum atomic E-state index is 5.44. The second kappa shape index (κ2) is 4.94. The van der Waals surface area contributed by atoms with E-state index in [2.05, 4.69) is 17.1 Å². The van der Waals surface area contributed by atoms with E-state index in [1.54, 1.807) is 0 Å². The highest BCUT2D eigenvalue weighted by atomic mass is 15.2. The SMILES string of the molecule is NC/C=C/CN1CCC2CCCCC21. The van der Waals surface area contributed by atoms with Gasteiger partial charge in [-0.25, -0.2) is 0 Å². The van der Waals surface area contributed by atoms with Crippen LogP contribution in [0.5, 0.6) is 0 Å². The maximum absolute atomic E-state index is 5.44. The molecule has 2 unspecified atom stereocenters. The van der Waals surface area contributed by atoms with Gasteiger partial charge < -0.3 is 5.73 Å². The summed E-state index contributed by atoms with van der Waals surface area (Å²) in [5, 5.41) is 0. The van der Waals surface area contributed by atoms with Gasteiger partial charge in [0.2, 0.25) is 0 Å². The maximum Gasteiger partial charge on any atom is 0.0166 e. The Hall–Kier alpha value is -0.340. The summed E-state index contributed by atoms with van der Waals surface area (Å²) in [6.45, 7) is 3.12. The highest BCUT2D eigenvalue weighted by Crippen LogP contribution is 2.35. The fourth-order valence-corrected chi connectivity index (χ4v) is 3.04. The molecule has 2 fully saturated rings. The zero-order valence-electron chi connectivity index (χ0n) is 8.99. The minimum Gasteiger partial charge on any atom is -0.327 e. The molecule has 2 N–H and O–H groups in total. The molecule has 0 radical (unpaired) electrons. The Balaban J connectivity index is 1.84. The standard InChI is InChI=1S/C12H22N2/c13-8-3-4-9-14-10-7-11-5-1-2-6-12(11)14/h3-4,11-12H,1-2,5-10,13H2/b4-3+.